The van der Waals surface area contributed by atoms with Gasteiger partial charge in [0.15, 0.2) is 5.65 Å². The number of anilines is 1. The van der Waals surface area contributed by atoms with E-state index in [4.69, 9.17) is 35.4 Å². The number of ether oxygens (including phenoxy) is 2. The van der Waals surface area contributed by atoms with Crippen molar-refractivity contribution in [2.75, 3.05) is 44.8 Å². The fourth-order valence-electron chi connectivity index (χ4n) is 4.41. The second-order valence-electron chi connectivity index (χ2n) is 8.29. The Morgan fingerprint density at radius 1 is 1.18 bits per heavy atom. The van der Waals surface area contributed by atoms with Crippen LogP contribution in [0.2, 0.25) is 0 Å². The molecule has 0 spiro atoms. The molecule has 2 aliphatic rings. The van der Waals surface area contributed by atoms with Crippen molar-refractivity contribution in [2.45, 2.75) is 25.5 Å². The molecule has 11 heteroatoms. The molecule has 0 aliphatic carbocycles. The van der Waals surface area contributed by atoms with Crippen LogP contribution in [0.25, 0.3) is 22.4 Å². The Balaban J connectivity index is 1.53. The molecule has 0 saturated carbocycles. The van der Waals surface area contributed by atoms with E-state index in [-0.39, 0.29) is 12.2 Å². The maximum atomic E-state index is 8.78. The molecule has 3 aromatic rings. The summed E-state index contributed by atoms with van der Waals surface area (Å²) in [7, 11) is 1.65. The number of guanidine groups is 1. The first-order valence-electron chi connectivity index (χ1n) is 11.4. The van der Waals surface area contributed by atoms with E-state index in [1.54, 1.807) is 13.3 Å². The minimum Gasteiger partial charge on any atom is -0.497 e. The molecule has 0 bridgehead atoms. The number of fused-ring (bicyclic) bond motifs is 1. The first-order chi connectivity index (χ1) is 16.7. The number of piperazine rings is 1. The summed E-state index contributed by atoms with van der Waals surface area (Å²) in [5.41, 5.74) is 9.11. The van der Waals surface area contributed by atoms with Gasteiger partial charge >= 0.3 is 0 Å². The molecular formula is C23H27N9O2. The lowest BCUT2D eigenvalue weighted by Gasteiger charge is -2.35. The molecule has 2 aromatic heterocycles. The van der Waals surface area contributed by atoms with E-state index < -0.39 is 0 Å². The summed E-state index contributed by atoms with van der Waals surface area (Å²) < 4.78 is 13.4. The van der Waals surface area contributed by atoms with Crippen molar-refractivity contribution < 1.29 is 9.47 Å². The van der Waals surface area contributed by atoms with Gasteiger partial charge in [-0.2, -0.15) is 10.2 Å². The summed E-state index contributed by atoms with van der Waals surface area (Å²) in [6, 6.07) is 7.80. The zero-order valence-corrected chi connectivity index (χ0v) is 19.1. The molecule has 5 rings (SSSR count). The maximum absolute atomic E-state index is 8.78. The van der Waals surface area contributed by atoms with Crippen LogP contribution in [-0.4, -0.2) is 70.3 Å². The third-order valence-electron chi connectivity index (χ3n) is 6.29. The van der Waals surface area contributed by atoms with Crippen molar-refractivity contribution in [3.8, 4) is 23.2 Å². The van der Waals surface area contributed by atoms with Gasteiger partial charge in [0.25, 0.3) is 0 Å². The number of nitrogens with zero attached hydrogens (tertiary/aromatic N) is 8. The van der Waals surface area contributed by atoms with E-state index in [9.17, 15) is 0 Å². The first-order valence-corrected chi connectivity index (χ1v) is 11.4. The van der Waals surface area contributed by atoms with Crippen LogP contribution < -0.4 is 15.4 Å². The third-order valence-corrected chi connectivity index (χ3v) is 6.29. The number of methoxy groups -OCH3 is 1. The minimum atomic E-state index is -0.0796. The Morgan fingerprint density at radius 2 is 1.97 bits per heavy atom. The summed E-state index contributed by atoms with van der Waals surface area (Å²) in [6.07, 6.45) is 6.59. The van der Waals surface area contributed by atoms with Gasteiger partial charge in [-0.1, -0.05) is 0 Å². The van der Waals surface area contributed by atoms with Crippen molar-refractivity contribution in [3.05, 3.63) is 30.6 Å². The minimum absolute atomic E-state index is 0.0796. The average molecular weight is 462 g/mol. The molecule has 2 N–H and O–H groups in total. The van der Waals surface area contributed by atoms with Gasteiger partial charge in [0.2, 0.25) is 18.1 Å². The van der Waals surface area contributed by atoms with Crippen LogP contribution >= 0.6 is 0 Å². The highest BCUT2D eigenvalue weighted by atomic mass is 16.5. The van der Waals surface area contributed by atoms with Gasteiger partial charge in [0.05, 0.1) is 13.4 Å². The molecule has 1 aromatic carbocycles. The lowest BCUT2D eigenvalue weighted by Crippen LogP contribution is -2.51. The molecule has 2 aliphatic heterocycles. The van der Waals surface area contributed by atoms with E-state index in [0.717, 1.165) is 54.0 Å². The largest absolute Gasteiger partial charge is 0.497 e. The lowest BCUT2D eigenvalue weighted by molar-refractivity contribution is -0.0298. The van der Waals surface area contributed by atoms with Crippen LogP contribution in [0.4, 0.5) is 5.95 Å². The highest BCUT2D eigenvalue weighted by Crippen LogP contribution is 2.32. The van der Waals surface area contributed by atoms with E-state index in [1.165, 1.54) is 0 Å². The molecule has 2 fully saturated rings. The molecule has 0 amide bonds. The van der Waals surface area contributed by atoms with Crippen LogP contribution in [0, 0.1) is 11.5 Å². The fourth-order valence-corrected chi connectivity index (χ4v) is 4.41. The van der Waals surface area contributed by atoms with Crippen molar-refractivity contribution in [1.82, 2.24) is 24.4 Å². The Morgan fingerprint density at radius 3 is 2.65 bits per heavy atom. The number of nitrogens with two attached hydrogens (primary N) is 1. The van der Waals surface area contributed by atoms with Crippen molar-refractivity contribution in [2.24, 2.45) is 10.7 Å². The normalized spacial score (nSPS) is 19.3. The number of benzene rings is 1. The third kappa shape index (κ3) is 4.20. The number of aromatic nitrogens is 4. The smallest absolute Gasteiger partial charge is 0.228 e. The van der Waals surface area contributed by atoms with E-state index >= 15 is 0 Å². The second-order valence-corrected chi connectivity index (χ2v) is 8.29. The number of aliphatic imine (C=N–C) groups is 1. The SMILES string of the molecule is COc1ccc(-c2nc(N3CCN(/C(N)=N/C#N)CC3)nc3c2ncn3C2CCCCO2)cc1. The number of rotatable bonds is 4. The Labute approximate surface area is 197 Å². The van der Waals surface area contributed by atoms with E-state index in [0.29, 0.717) is 32.1 Å². The van der Waals surface area contributed by atoms with Crippen LogP contribution in [0.1, 0.15) is 25.5 Å². The Bertz CT molecular complexity index is 1220. The van der Waals surface area contributed by atoms with Gasteiger partial charge in [-0.3, -0.25) is 4.57 Å². The Kier molecular flexibility index (Phi) is 6.14. The van der Waals surface area contributed by atoms with Crippen LogP contribution in [0.5, 0.6) is 5.75 Å². The average Bonchev–Trinajstić information content (AvgIpc) is 3.33. The number of hydrogen-bond donors (Lipinski definition) is 1. The molecule has 0 radical (unpaired) electrons. The van der Waals surface area contributed by atoms with Gasteiger partial charge in [-0.15, -0.1) is 4.99 Å². The lowest BCUT2D eigenvalue weighted by atomic mass is 10.1. The topological polar surface area (TPSA) is 131 Å². The zero-order chi connectivity index (χ0) is 23.5. The summed E-state index contributed by atoms with van der Waals surface area (Å²) >= 11 is 0. The summed E-state index contributed by atoms with van der Waals surface area (Å²) in [4.78, 5) is 22.2. The fraction of sp³-hybridized carbons (Fsp3) is 0.435. The quantitative estimate of drug-likeness (QED) is 0.352. The van der Waals surface area contributed by atoms with Crippen molar-refractivity contribution in [3.63, 3.8) is 0 Å². The van der Waals surface area contributed by atoms with Crippen molar-refractivity contribution >= 4 is 23.1 Å². The summed E-state index contributed by atoms with van der Waals surface area (Å²) in [6.45, 7) is 3.30. The van der Waals surface area contributed by atoms with Gasteiger partial charge in [-0.05, 0) is 43.5 Å². The summed E-state index contributed by atoms with van der Waals surface area (Å²) in [5, 5.41) is 8.78. The van der Waals surface area contributed by atoms with Crippen LogP contribution in [0.15, 0.2) is 35.6 Å². The predicted molar refractivity (Wildman–Crippen MR) is 127 cm³/mol. The summed E-state index contributed by atoms with van der Waals surface area (Å²) in [5.74, 6) is 1.65. The molecule has 4 heterocycles. The monoisotopic (exact) mass is 461 g/mol. The van der Waals surface area contributed by atoms with Gasteiger partial charge in [-0.25, -0.2) is 9.97 Å². The standard InChI is InChI=1S/C23H27N9O2/c1-33-17-7-5-16(6-8-17)19-20-21(32(15-27-20)18-4-2-3-13-34-18)29-23(28-19)31-11-9-30(10-12-31)22(25)26-14-24/h5-8,15,18H,2-4,9-13H2,1H3,(H2,25,26). The number of hydrogen-bond acceptors (Lipinski definition) is 8. The number of nitriles is 1. The highest BCUT2D eigenvalue weighted by molar-refractivity contribution is 5.88. The highest BCUT2D eigenvalue weighted by Gasteiger charge is 2.25. The number of imidazole rings is 1. The van der Waals surface area contributed by atoms with Gasteiger partial charge < -0.3 is 25.0 Å². The zero-order valence-electron chi connectivity index (χ0n) is 19.1. The van der Waals surface area contributed by atoms with E-state index in [2.05, 4.69) is 9.89 Å². The van der Waals surface area contributed by atoms with Gasteiger partial charge in [0, 0.05) is 38.3 Å². The Hall–Kier alpha value is -3.91. The molecule has 1 unspecified atom stereocenters. The van der Waals surface area contributed by atoms with Crippen LogP contribution in [-0.2, 0) is 4.74 Å². The second kappa shape index (κ2) is 9.52. The molecular weight excluding hydrogens is 434 g/mol. The van der Waals surface area contributed by atoms with Crippen molar-refractivity contribution in [1.29, 1.82) is 5.26 Å². The van der Waals surface area contributed by atoms with Crippen LogP contribution in [0.3, 0.4) is 0 Å². The maximum Gasteiger partial charge on any atom is 0.228 e. The predicted octanol–water partition coefficient (Wildman–Crippen LogP) is 2.12. The first kappa shape index (κ1) is 21.9. The van der Waals surface area contributed by atoms with Gasteiger partial charge in [0.1, 0.15) is 23.2 Å². The van der Waals surface area contributed by atoms with E-state index in [1.807, 2.05) is 40.1 Å². The molecule has 2 saturated heterocycles. The molecule has 11 nitrogen and oxygen atoms in total. The molecule has 176 valence electrons. The molecule has 1 atom stereocenters. The molecule has 34 heavy (non-hydrogen) atoms.